The molecule has 2 heterocycles. The first-order chi connectivity index (χ1) is 14.1. The lowest BCUT2D eigenvalue weighted by atomic mass is 10.2. The van der Waals surface area contributed by atoms with E-state index in [1.54, 1.807) is 0 Å². The zero-order valence-corrected chi connectivity index (χ0v) is 20.4. The van der Waals surface area contributed by atoms with E-state index in [1.807, 2.05) is 49.3 Å². The van der Waals surface area contributed by atoms with E-state index in [9.17, 15) is 4.79 Å². The number of likely N-dealkylation sites (tertiary alicyclic amines) is 1. The first-order valence-electron chi connectivity index (χ1n) is 10.4. The van der Waals surface area contributed by atoms with E-state index in [4.69, 9.17) is 4.99 Å². The van der Waals surface area contributed by atoms with Crippen molar-refractivity contribution >= 4 is 35.8 Å². The highest BCUT2D eigenvalue weighted by atomic mass is 127. The molecular formula is C22H33IN6O. The van der Waals surface area contributed by atoms with Crippen LogP contribution >= 0.6 is 24.0 Å². The van der Waals surface area contributed by atoms with Crippen LogP contribution in [-0.4, -0.2) is 52.0 Å². The number of hydrogen-bond donors (Lipinski definition) is 2. The molecule has 1 aromatic carbocycles. The minimum absolute atomic E-state index is 0. The van der Waals surface area contributed by atoms with Crippen LogP contribution in [-0.2, 0) is 17.9 Å². The van der Waals surface area contributed by atoms with E-state index in [0.29, 0.717) is 6.54 Å². The summed E-state index contributed by atoms with van der Waals surface area (Å²) in [5, 5.41) is 6.79. The number of halogens is 1. The minimum atomic E-state index is 0. The van der Waals surface area contributed by atoms with Crippen molar-refractivity contribution in [2.75, 3.05) is 19.6 Å². The predicted molar refractivity (Wildman–Crippen MR) is 131 cm³/mol. The second kappa shape index (κ2) is 11.9. The minimum Gasteiger partial charge on any atom is -0.357 e. The number of aliphatic imine (C=N–C) groups is 1. The van der Waals surface area contributed by atoms with Crippen LogP contribution in [0.1, 0.15) is 38.6 Å². The summed E-state index contributed by atoms with van der Waals surface area (Å²) in [5.74, 6) is 1.96. The summed E-state index contributed by atoms with van der Waals surface area (Å²) < 4.78 is 2.13. The van der Waals surface area contributed by atoms with Crippen molar-refractivity contribution in [3.63, 3.8) is 0 Å². The van der Waals surface area contributed by atoms with Gasteiger partial charge in [0.25, 0.3) is 0 Å². The molecule has 1 amide bonds. The van der Waals surface area contributed by atoms with Crippen molar-refractivity contribution < 1.29 is 4.79 Å². The number of nitrogens with one attached hydrogen (secondary N) is 2. The van der Waals surface area contributed by atoms with Crippen LogP contribution in [0.4, 0.5) is 0 Å². The molecule has 2 N–H and O–H groups in total. The SMILES string of the molecule is CCNC(=NCc1nccn1Cc1ccccc1)NC1CCN(C(=O)C(C)C)C1.I. The Morgan fingerprint density at radius 3 is 2.77 bits per heavy atom. The Balaban J connectivity index is 0.00000320. The molecule has 1 aliphatic rings. The summed E-state index contributed by atoms with van der Waals surface area (Å²) in [4.78, 5) is 23.4. The molecule has 0 bridgehead atoms. The zero-order chi connectivity index (χ0) is 20.6. The number of rotatable bonds is 7. The molecule has 3 rings (SSSR count). The van der Waals surface area contributed by atoms with Crippen LogP contribution in [0, 0.1) is 5.92 Å². The highest BCUT2D eigenvalue weighted by Gasteiger charge is 2.27. The van der Waals surface area contributed by atoms with Crippen LogP contribution in [0.2, 0.25) is 0 Å². The molecule has 1 fully saturated rings. The van der Waals surface area contributed by atoms with Gasteiger partial charge in [0.15, 0.2) is 5.96 Å². The average molecular weight is 524 g/mol. The second-order valence-electron chi connectivity index (χ2n) is 7.72. The van der Waals surface area contributed by atoms with E-state index in [-0.39, 0.29) is 41.8 Å². The Morgan fingerprint density at radius 1 is 1.30 bits per heavy atom. The van der Waals surface area contributed by atoms with E-state index in [0.717, 1.165) is 44.4 Å². The molecule has 0 radical (unpaired) electrons. The van der Waals surface area contributed by atoms with Gasteiger partial charge in [0, 0.05) is 50.5 Å². The van der Waals surface area contributed by atoms with Crippen molar-refractivity contribution in [3.8, 4) is 0 Å². The lowest BCUT2D eigenvalue weighted by Gasteiger charge is -2.20. The van der Waals surface area contributed by atoms with Gasteiger partial charge in [-0.2, -0.15) is 0 Å². The molecule has 1 saturated heterocycles. The molecule has 164 valence electrons. The van der Waals surface area contributed by atoms with Gasteiger partial charge >= 0.3 is 0 Å². The van der Waals surface area contributed by atoms with Gasteiger partial charge in [0.2, 0.25) is 5.91 Å². The van der Waals surface area contributed by atoms with Crippen LogP contribution in [0.25, 0.3) is 0 Å². The molecule has 1 aliphatic heterocycles. The molecule has 1 unspecified atom stereocenters. The molecular weight excluding hydrogens is 491 g/mol. The summed E-state index contributed by atoms with van der Waals surface area (Å²) in [7, 11) is 0. The molecule has 0 spiro atoms. The second-order valence-corrected chi connectivity index (χ2v) is 7.72. The van der Waals surface area contributed by atoms with Crippen molar-refractivity contribution in [1.29, 1.82) is 0 Å². The van der Waals surface area contributed by atoms with Crippen LogP contribution in [0.3, 0.4) is 0 Å². The number of amides is 1. The Bertz CT molecular complexity index is 820. The first-order valence-corrected chi connectivity index (χ1v) is 10.4. The molecule has 30 heavy (non-hydrogen) atoms. The number of benzene rings is 1. The number of hydrogen-bond acceptors (Lipinski definition) is 3. The first kappa shape index (κ1) is 24.2. The van der Waals surface area contributed by atoms with E-state index in [1.165, 1.54) is 5.56 Å². The number of carbonyl (C=O) groups excluding carboxylic acids is 1. The maximum Gasteiger partial charge on any atom is 0.225 e. The van der Waals surface area contributed by atoms with Crippen LogP contribution < -0.4 is 10.6 Å². The van der Waals surface area contributed by atoms with Crippen molar-refractivity contribution in [2.24, 2.45) is 10.9 Å². The number of nitrogens with zero attached hydrogens (tertiary/aromatic N) is 4. The maximum atomic E-state index is 12.2. The quantitative estimate of drug-likeness (QED) is 0.332. The molecule has 2 aromatic rings. The fourth-order valence-electron chi connectivity index (χ4n) is 3.52. The Labute approximate surface area is 196 Å². The van der Waals surface area contributed by atoms with Crippen molar-refractivity contribution in [3.05, 3.63) is 54.1 Å². The molecule has 7 nitrogen and oxygen atoms in total. The highest BCUT2D eigenvalue weighted by Crippen LogP contribution is 2.13. The van der Waals surface area contributed by atoms with Gasteiger partial charge in [-0.1, -0.05) is 44.2 Å². The lowest BCUT2D eigenvalue weighted by Crippen LogP contribution is -2.45. The predicted octanol–water partition coefficient (Wildman–Crippen LogP) is 2.86. The van der Waals surface area contributed by atoms with Gasteiger partial charge in [-0.15, -0.1) is 24.0 Å². The van der Waals surface area contributed by atoms with Gasteiger partial charge in [-0.25, -0.2) is 9.98 Å². The smallest absolute Gasteiger partial charge is 0.225 e. The fraction of sp³-hybridized carbons (Fsp3) is 0.500. The topological polar surface area (TPSA) is 74.6 Å². The van der Waals surface area contributed by atoms with Crippen molar-refractivity contribution in [2.45, 2.75) is 46.3 Å². The standard InChI is InChI=1S/C22H32N6O.HI/c1-4-23-22(26-19-10-12-28(16-19)21(29)17(2)3)25-14-20-24-11-13-27(20)15-18-8-6-5-7-9-18;/h5-9,11,13,17,19H,4,10,12,14-16H2,1-3H3,(H2,23,25,26);1H. The monoisotopic (exact) mass is 524 g/mol. The third-order valence-corrected chi connectivity index (χ3v) is 5.05. The van der Waals surface area contributed by atoms with Crippen LogP contribution in [0.5, 0.6) is 0 Å². The molecule has 0 aliphatic carbocycles. The molecule has 0 saturated carbocycles. The van der Waals surface area contributed by atoms with E-state index in [2.05, 4.69) is 39.2 Å². The third-order valence-electron chi connectivity index (χ3n) is 5.05. The summed E-state index contributed by atoms with van der Waals surface area (Å²) in [6, 6.07) is 10.6. The van der Waals surface area contributed by atoms with E-state index >= 15 is 0 Å². The van der Waals surface area contributed by atoms with Gasteiger partial charge in [0.05, 0.1) is 0 Å². The fourth-order valence-corrected chi connectivity index (χ4v) is 3.52. The third kappa shape index (κ3) is 6.72. The Kier molecular flexibility index (Phi) is 9.61. The normalized spacial score (nSPS) is 16.5. The van der Waals surface area contributed by atoms with Gasteiger partial charge in [0.1, 0.15) is 12.4 Å². The average Bonchev–Trinajstić information content (AvgIpc) is 3.36. The van der Waals surface area contributed by atoms with Crippen LogP contribution in [0.15, 0.2) is 47.7 Å². The molecule has 8 heteroatoms. The van der Waals surface area contributed by atoms with Gasteiger partial charge in [-0.3, -0.25) is 4.79 Å². The largest absolute Gasteiger partial charge is 0.357 e. The lowest BCUT2D eigenvalue weighted by molar-refractivity contribution is -0.133. The summed E-state index contributed by atoms with van der Waals surface area (Å²) >= 11 is 0. The summed E-state index contributed by atoms with van der Waals surface area (Å²) in [6.07, 6.45) is 4.75. The summed E-state index contributed by atoms with van der Waals surface area (Å²) in [6.45, 7) is 9.54. The number of carbonyl (C=O) groups is 1. The molecule has 1 atom stereocenters. The summed E-state index contributed by atoms with van der Waals surface area (Å²) in [5.41, 5.74) is 1.24. The Morgan fingerprint density at radius 2 is 2.07 bits per heavy atom. The number of guanidine groups is 1. The van der Waals surface area contributed by atoms with E-state index < -0.39 is 0 Å². The Hall–Kier alpha value is -2.10. The zero-order valence-electron chi connectivity index (χ0n) is 18.0. The molecule has 1 aromatic heterocycles. The maximum absolute atomic E-state index is 12.2. The van der Waals surface area contributed by atoms with Crippen molar-refractivity contribution in [1.82, 2.24) is 25.1 Å². The number of aromatic nitrogens is 2. The highest BCUT2D eigenvalue weighted by molar-refractivity contribution is 14.0. The van der Waals surface area contributed by atoms with Gasteiger partial charge < -0.3 is 20.1 Å². The van der Waals surface area contributed by atoms with Gasteiger partial charge in [-0.05, 0) is 18.9 Å². The number of imidazole rings is 1.